The van der Waals surface area contributed by atoms with Crippen LogP contribution in [0.2, 0.25) is 0 Å². The molecule has 21 heavy (non-hydrogen) atoms. The summed E-state index contributed by atoms with van der Waals surface area (Å²) < 4.78 is 27.2. The SMILES string of the molecule is CC1CN(S(=O)(=O)CCC2CCC2)c2ccccc2CN1. The molecular weight excluding hydrogens is 284 g/mol. The van der Waals surface area contributed by atoms with Crippen LogP contribution in [0.25, 0.3) is 0 Å². The second-order valence-electron chi connectivity index (χ2n) is 6.34. The van der Waals surface area contributed by atoms with Gasteiger partial charge < -0.3 is 5.32 Å². The van der Waals surface area contributed by atoms with Gasteiger partial charge in [0.25, 0.3) is 0 Å². The van der Waals surface area contributed by atoms with Gasteiger partial charge in [-0.3, -0.25) is 4.31 Å². The Balaban J connectivity index is 1.83. The van der Waals surface area contributed by atoms with Crippen LogP contribution in [0.5, 0.6) is 0 Å². The van der Waals surface area contributed by atoms with Crippen molar-refractivity contribution in [3.8, 4) is 0 Å². The summed E-state index contributed by atoms with van der Waals surface area (Å²) in [5, 5.41) is 3.38. The van der Waals surface area contributed by atoms with E-state index in [4.69, 9.17) is 0 Å². The van der Waals surface area contributed by atoms with Gasteiger partial charge in [-0.05, 0) is 30.9 Å². The van der Waals surface area contributed by atoms with Gasteiger partial charge in [-0.15, -0.1) is 0 Å². The number of anilines is 1. The molecule has 1 heterocycles. The number of hydrogen-bond acceptors (Lipinski definition) is 3. The first-order valence-corrected chi connectivity index (χ1v) is 9.49. The van der Waals surface area contributed by atoms with E-state index in [-0.39, 0.29) is 11.8 Å². The maximum Gasteiger partial charge on any atom is 0.235 e. The minimum Gasteiger partial charge on any atom is -0.308 e. The molecule has 0 amide bonds. The molecule has 1 aliphatic heterocycles. The van der Waals surface area contributed by atoms with Crippen molar-refractivity contribution in [3.05, 3.63) is 29.8 Å². The van der Waals surface area contributed by atoms with E-state index in [1.807, 2.05) is 31.2 Å². The summed E-state index contributed by atoms with van der Waals surface area (Å²) in [6, 6.07) is 7.99. The number of fused-ring (bicyclic) bond motifs is 1. The maximum absolute atomic E-state index is 12.8. The fourth-order valence-electron chi connectivity index (χ4n) is 3.07. The van der Waals surface area contributed by atoms with Gasteiger partial charge >= 0.3 is 0 Å². The molecule has 1 aromatic carbocycles. The molecule has 1 saturated carbocycles. The van der Waals surface area contributed by atoms with Crippen LogP contribution in [0.15, 0.2) is 24.3 Å². The lowest BCUT2D eigenvalue weighted by molar-refractivity contribution is 0.307. The number of rotatable bonds is 4. The average Bonchev–Trinajstić information content (AvgIpc) is 2.57. The maximum atomic E-state index is 12.8. The third-order valence-corrected chi connectivity index (χ3v) is 6.45. The molecule has 3 rings (SSSR count). The molecule has 1 aliphatic carbocycles. The number of benzene rings is 1. The molecule has 1 fully saturated rings. The Morgan fingerprint density at radius 3 is 2.76 bits per heavy atom. The number of nitrogens with one attached hydrogen (secondary N) is 1. The van der Waals surface area contributed by atoms with Gasteiger partial charge in [-0.2, -0.15) is 0 Å². The van der Waals surface area contributed by atoms with Crippen molar-refractivity contribution >= 4 is 15.7 Å². The van der Waals surface area contributed by atoms with Crippen molar-refractivity contribution in [1.29, 1.82) is 0 Å². The Morgan fingerprint density at radius 1 is 1.29 bits per heavy atom. The molecule has 0 spiro atoms. The summed E-state index contributed by atoms with van der Waals surface area (Å²) in [6.07, 6.45) is 4.47. The molecule has 2 aliphatic rings. The summed E-state index contributed by atoms with van der Waals surface area (Å²) in [4.78, 5) is 0. The van der Waals surface area contributed by atoms with Crippen LogP contribution >= 0.6 is 0 Å². The van der Waals surface area contributed by atoms with E-state index in [9.17, 15) is 8.42 Å². The predicted octanol–water partition coefficient (Wildman–Crippen LogP) is 2.50. The molecule has 1 aromatic rings. The molecule has 1 unspecified atom stereocenters. The molecule has 1 atom stereocenters. The van der Waals surface area contributed by atoms with Crippen molar-refractivity contribution in [3.63, 3.8) is 0 Å². The Labute approximate surface area is 127 Å². The molecular formula is C16H24N2O2S. The van der Waals surface area contributed by atoms with Crippen molar-refractivity contribution in [2.24, 2.45) is 5.92 Å². The van der Waals surface area contributed by atoms with Gasteiger partial charge in [0, 0.05) is 19.1 Å². The first kappa shape index (κ1) is 14.9. The largest absolute Gasteiger partial charge is 0.308 e. The Morgan fingerprint density at radius 2 is 2.05 bits per heavy atom. The Kier molecular flexibility index (Phi) is 4.22. The second-order valence-corrected chi connectivity index (χ2v) is 8.36. The second kappa shape index (κ2) is 5.97. The predicted molar refractivity (Wildman–Crippen MR) is 85.8 cm³/mol. The van der Waals surface area contributed by atoms with Crippen molar-refractivity contribution in [2.45, 2.75) is 45.2 Å². The minimum absolute atomic E-state index is 0.163. The first-order chi connectivity index (χ1) is 10.1. The zero-order valence-corrected chi connectivity index (χ0v) is 13.4. The molecule has 0 radical (unpaired) electrons. The van der Waals surface area contributed by atoms with E-state index in [1.54, 1.807) is 4.31 Å². The summed E-state index contributed by atoms with van der Waals surface area (Å²) >= 11 is 0. The first-order valence-electron chi connectivity index (χ1n) is 7.88. The van der Waals surface area contributed by atoms with Crippen LogP contribution in [-0.2, 0) is 16.6 Å². The van der Waals surface area contributed by atoms with E-state index < -0.39 is 10.0 Å². The molecule has 5 heteroatoms. The Hall–Kier alpha value is -1.07. The van der Waals surface area contributed by atoms with E-state index in [2.05, 4.69) is 5.32 Å². The van der Waals surface area contributed by atoms with Gasteiger partial charge in [0.2, 0.25) is 10.0 Å². The number of hydrogen-bond donors (Lipinski definition) is 1. The zero-order valence-electron chi connectivity index (χ0n) is 12.6. The molecule has 0 bridgehead atoms. The van der Waals surface area contributed by atoms with E-state index in [0.717, 1.165) is 24.2 Å². The highest BCUT2D eigenvalue weighted by Gasteiger charge is 2.29. The molecule has 0 saturated heterocycles. The number of sulfonamides is 1. The highest BCUT2D eigenvalue weighted by Crippen LogP contribution is 2.31. The third-order valence-electron chi connectivity index (χ3n) is 4.69. The van der Waals surface area contributed by atoms with Crippen LogP contribution in [0.4, 0.5) is 5.69 Å². The summed E-state index contributed by atoms with van der Waals surface area (Å²) in [7, 11) is -3.23. The van der Waals surface area contributed by atoms with Gasteiger partial charge in [-0.1, -0.05) is 37.5 Å². The fourth-order valence-corrected chi connectivity index (χ4v) is 4.85. The zero-order chi connectivity index (χ0) is 14.9. The molecule has 1 N–H and O–H groups in total. The van der Waals surface area contributed by atoms with Crippen LogP contribution in [-0.4, -0.2) is 26.8 Å². The normalized spacial score (nSPS) is 23.3. The monoisotopic (exact) mass is 308 g/mol. The molecule has 4 nitrogen and oxygen atoms in total. The summed E-state index contributed by atoms with van der Waals surface area (Å²) in [6.45, 7) is 3.29. The lowest BCUT2D eigenvalue weighted by Gasteiger charge is -2.29. The van der Waals surface area contributed by atoms with Crippen molar-refractivity contribution < 1.29 is 8.42 Å². The summed E-state index contributed by atoms with van der Waals surface area (Å²) in [5.74, 6) is 0.899. The highest BCUT2D eigenvalue weighted by molar-refractivity contribution is 7.92. The highest BCUT2D eigenvalue weighted by atomic mass is 32.2. The topological polar surface area (TPSA) is 49.4 Å². The van der Waals surface area contributed by atoms with E-state index >= 15 is 0 Å². The van der Waals surface area contributed by atoms with Crippen LogP contribution in [0, 0.1) is 5.92 Å². The smallest absolute Gasteiger partial charge is 0.235 e. The van der Waals surface area contributed by atoms with Gasteiger partial charge in [0.15, 0.2) is 0 Å². The third kappa shape index (κ3) is 3.24. The Bertz CT molecular complexity index is 596. The average molecular weight is 308 g/mol. The van der Waals surface area contributed by atoms with Crippen LogP contribution < -0.4 is 9.62 Å². The standard InChI is InChI=1S/C16H24N2O2S/c1-13-12-18(16-8-3-2-7-15(16)11-17-13)21(19,20)10-9-14-5-4-6-14/h2-3,7-8,13-14,17H,4-6,9-12H2,1H3. The lowest BCUT2D eigenvalue weighted by Crippen LogP contribution is -2.41. The van der Waals surface area contributed by atoms with Gasteiger partial charge in [-0.25, -0.2) is 8.42 Å². The van der Waals surface area contributed by atoms with E-state index in [1.165, 1.54) is 19.3 Å². The van der Waals surface area contributed by atoms with Crippen LogP contribution in [0.3, 0.4) is 0 Å². The van der Waals surface area contributed by atoms with Crippen LogP contribution in [0.1, 0.15) is 38.2 Å². The fraction of sp³-hybridized carbons (Fsp3) is 0.625. The van der Waals surface area contributed by atoms with Gasteiger partial charge in [0.05, 0.1) is 11.4 Å². The van der Waals surface area contributed by atoms with E-state index in [0.29, 0.717) is 12.5 Å². The van der Waals surface area contributed by atoms with Crippen molar-refractivity contribution in [2.75, 3.05) is 16.6 Å². The number of nitrogens with zero attached hydrogens (tertiary/aromatic N) is 1. The quantitative estimate of drug-likeness (QED) is 0.930. The minimum atomic E-state index is -3.23. The molecule has 0 aromatic heterocycles. The van der Waals surface area contributed by atoms with Crippen molar-refractivity contribution in [1.82, 2.24) is 5.32 Å². The molecule has 116 valence electrons. The van der Waals surface area contributed by atoms with Gasteiger partial charge in [0.1, 0.15) is 0 Å². The number of para-hydroxylation sites is 1. The lowest BCUT2D eigenvalue weighted by atomic mass is 9.84. The summed E-state index contributed by atoms with van der Waals surface area (Å²) in [5.41, 5.74) is 1.91.